The van der Waals surface area contributed by atoms with Crippen molar-refractivity contribution in [2.24, 2.45) is 0 Å². The number of likely N-dealkylation sites (tertiary alicyclic amines) is 2. The number of hydrogen-bond donors (Lipinski definition) is 0. The molecule has 0 aliphatic carbocycles. The minimum absolute atomic E-state index is 0.351. The lowest BCUT2D eigenvalue weighted by molar-refractivity contribution is -0.130. The van der Waals surface area contributed by atoms with Gasteiger partial charge in [-0.25, -0.2) is 4.98 Å². The Labute approximate surface area is 132 Å². The summed E-state index contributed by atoms with van der Waals surface area (Å²) >= 11 is 0. The largest absolute Gasteiger partial charge is 0.363 e. The van der Waals surface area contributed by atoms with Crippen molar-refractivity contribution in [3.05, 3.63) is 23.9 Å². The van der Waals surface area contributed by atoms with Gasteiger partial charge in [0.1, 0.15) is 5.82 Å². The molecular weight excluding hydrogens is 276 g/mol. The molecule has 2 saturated heterocycles. The lowest BCUT2D eigenvalue weighted by atomic mass is 10.0. The van der Waals surface area contributed by atoms with Crippen LogP contribution in [0.1, 0.15) is 31.2 Å². The Morgan fingerprint density at radius 2 is 2.14 bits per heavy atom. The van der Waals surface area contributed by atoms with Crippen molar-refractivity contribution in [3.63, 3.8) is 0 Å². The molecule has 2 fully saturated rings. The van der Waals surface area contributed by atoms with Gasteiger partial charge in [0.25, 0.3) is 0 Å². The quantitative estimate of drug-likeness (QED) is 0.849. The second-order valence-electron chi connectivity index (χ2n) is 6.64. The van der Waals surface area contributed by atoms with E-state index < -0.39 is 0 Å². The zero-order valence-electron chi connectivity index (χ0n) is 13.7. The number of rotatable bonds is 4. The fourth-order valence-corrected chi connectivity index (χ4v) is 3.52. The maximum atomic E-state index is 11.9. The van der Waals surface area contributed by atoms with Crippen LogP contribution in [0.15, 0.2) is 18.3 Å². The first-order valence-electron chi connectivity index (χ1n) is 8.27. The van der Waals surface area contributed by atoms with Gasteiger partial charge in [0, 0.05) is 52.4 Å². The summed E-state index contributed by atoms with van der Waals surface area (Å²) in [6, 6.07) is 4.64. The van der Waals surface area contributed by atoms with Gasteiger partial charge in [-0.3, -0.25) is 9.69 Å². The molecule has 3 rings (SSSR count). The van der Waals surface area contributed by atoms with E-state index >= 15 is 0 Å². The molecule has 0 bridgehead atoms. The van der Waals surface area contributed by atoms with E-state index in [-0.39, 0.29) is 0 Å². The topological polar surface area (TPSA) is 39.7 Å². The zero-order valence-corrected chi connectivity index (χ0v) is 13.7. The van der Waals surface area contributed by atoms with Gasteiger partial charge in [-0.05, 0) is 37.4 Å². The molecule has 1 amide bonds. The van der Waals surface area contributed by atoms with Gasteiger partial charge in [0.05, 0.1) is 0 Å². The van der Waals surface area contributed by atoms with E-state index in [4.69, 9.17) is 0 Å². The van der Waals surface area contributed by atoms with Gasteiger partial charge >= 0.3 is 0 Å². The average molecular weight is 302 g/mol. The number of amides is 1. The Kier molecular flexibility index (Phi) is 4.62. The molecule has 0 saturated carbocycles. The van der Waals surface area contributed by atoms with Crippen LogP contribution in [0.4, 0.5) is 5.82 Å². The highest BCUT2D eigenvalue weighted by molar-refractivity contribution is 5.78. The van der Waals surface area contributed by atoms with Crippen molar-refractivity contribution in [3.8, 4) is 0 Å². The SMILES string of the molecule is CN(C)c1ccc(CN2CCCC(N3CCCC3=O)C2)cn1. The Hall–Kier alpha value is -1.62. The Balaban J connectivity index is 1.59. The normalized spacial score (nSPS) is 23.1. The van der Waals surface area contributed by atoms with Crippen LogP contribution < -0.4 is 4.90 Å². The van der Waals surface area contributed by atoms with Crippen LogP contribution in [-0.2, 0) is 11.3 Å². The van der Waals surface area contributed by atoms with Crippen molar-refractivity contribution in [1.29, 1.82) is 0 Å². The van der Waals surface area contributed by atoms with Crippen LogP contribution >= 0.6 is 0 Å². The zero-order chi connectivity index (χ0) is 15.5. The third-order valence-corrected chi connectivity index (χ3v) is 4.70. The molecule has 22 heavy (non-hydrogen) atoms. The first-order chi connectivity index (χ1) is 10.6. The summed E-state index contributed by atoms with van der Waals surface area (Å²) in [7, 11) is 4.01. The lowest BCUT2D eigenvalue weighted by Crippen LogP contribution is -2.48. The number of carbonyl (C=O) groups is 1. The van der Waals surface area contributed by atoms with Crippen LogP contribution in [0.5, 0.6) is 0 Å². The molecule has 0 N–H and O–H groups in total. The van der Waals surface area contributed by atoms with Crippen LogP contribution in [0.3, 0.4) is 0 Å². The van der Waals surface area contributed by atoms with Gasteiger partial charge in [0.2, 0.25) is 5.91 Å². The predicted molar refractivity (Wildman–Crippen MR) is 87.8 cm³/mol. The summed E-state index contributed by atoms with van der Waals surface area (Å²) in [5.74, 6) is 1.34. The fraction of sp³-hybridized carbons (Fsp3) is 0.647. The average Bonchev–Trinajstić information content (AvgIpc) is 2.94. The number of anilines is 1. The number of nitrogens with zero attached hydrogens (tertiary/aromatic N) is 4. The molecule has 1 unspecified atom stereocenters. The van der Waals surface area contributed by atoms with Crippen LogP contribution in [0, 0.1) is 0 Å². The Morgan fingerprint density at radius 1 is 1.27 bits per heavy atom. The van der Waals surface area contributed by atoms with Gasteiger partial charge in [-0.2, -0.15) is 0 Å². The van der Waals surface area contributed by atoms with Gasteiger partial charge < -0.3 is 9.80 Å². The van der Waals surface area contributed by atoms with Gasteiger partial charge in [-0.1, -0.05) is 6.07 Å². The molecule has 5 nitrogen and oxygen atoms in total. The van der Waals surface area contributed by atoms with Crippen molar-refractivity contribution in [1.82, 2.24) is 14.8 Å². The summed E-state index contributed by atoms with van der Waals surface area (Å²) in [6.45, 7) is 4.00. The molecule has 1 aromatic heterocycles. The fourth-order valence-electron chi connectivity index (χ4n) is 3.52. The Bertz CT molecular complexity index is 514. The molecule has 1 aromatic rings. The minimum atomic E-state index is 0.351. The molecule has 1 atom stereocenters. The molecule has 2 aliphatic rings. The number of hydrogen-bond acceptors (Lipinski definition) is 4. The first-order valence-corrected chi connectivity index (χ1v) is 8.27. The van der Waals surface area contributed by atoms with Gasteiger partial charge in [0.15, 0.2) is 0 Å². The van der Waals surface area contributed by atoms with Crippen LogP contribution in [0.2, 0.25) is 0 Å². The predicted octanol–water partition coefficient (Wildman–Crippen LogP) is 1.73. The van der Waals surface area contributed by atoms with E-state index in [2.05, 4.69) is 26.9 Å². The molecule has 0 radical (unpaired) electrons. The minimum Gasteiger partial charge on any atom is -0.363 e. The smallest absolute Gasteiger partial charge is 0.222 e. The van der Waals surface area contributed by atoms with Crippen molar-refractivity contribution >= 4 is 11.7 Å². The maximum Gasteiger partial charge on any atom is 0.222 e. The number of pyridine rings is 1. The van der Waals surface area contributed by atoms with Crippen LogP contribution in [-0.4, -0.2) is 60.5 Å². The molecule has 5 heteroatoms. The number of carbonyl (C=O) groups excluding carboxylic acids is 1. The second kappa shape index (κ2) is 6.65. The molecular formula is C17H26N4O. The van der Waals surface area contributed by atoms with E-state index in [1.54, 1.807) is 0 Å². The molecule has 120 valence electrons. The monoisotopic (exact) mass is 302 g/mol. The van der Waals surface area contributed by atoms with Crippen LogP contribution in [0.25, 0.3) is 0 Å². The van der Waals surface area contributed by atoms with Gasteiger partial charge in [-0.15, -0.1) is 0 Å². The highest BCUT2D eigenvalue weighted by Gasteiger charge is 2.31. The first kappa shape index (κ1) is 15.3. The van der Waals surface area contributed by atoms with E-state index in [1.807, 2.05) is 25.2 Å². The van der Waals surface area contributed by atoms with E-state index in [9.17, 15) is 4.79 Å². The summed E-state index contributed by atoms with van der Waals surface area (Å²) in [5, 5.41) is 0. The summed E-state index contributed by atoms with van der Waals surface area (Å²) in [6.07, 6.45) is 6.08. The summed E-state index contributed by atoms with van der Waals surface area (Å²) in [5.41, 5.74) is 1.25. The highest BCUT2D eigenvalue weighted by atomic mass is 16.2. The molecule has 0 aromatic carbocycles. The standard InChI is InChI=1S/C17H26N4O/c1-19(2)16-8-7-14(11-18-16)12-20-9-3-5-15(13-20)21-10-4-6-17(21)22/h7-8,11,15H,3-6,9-10,12-13H2,1-2H3. The summed E-state index contributed by atoms with van der Waals surface area (Å²) < 4.78 is 0. The maximum absolute atomic E-state index is 11.9. The van der Waals surface area contributed by atoms with E-state index in [0.29, 0.717) is 11.9 Å². The van der Waals surface area contributed by atoms with E-state index in [1.165, 1.54) is 12.0 Å². The second-order valence-corrected chi connectivity index (χ2v) is 6.64. The summed E-state index contributed by atoms with van der Waals surface area (Å²) in [4.78, 5) is 23.0. The van der Waals surface area contributed by atoms with Crippen molar-refractivity contribution in [2.75, 3.05) is 38.6 Å². The van der Waals surface area contributed by atoms with Crippen molar-refractivity contribution in [2.45, 2.75) is 38.3 Å². The molecule has 0 spiro atoms. The number of aromatic nitrogens is 1. The van der Waals surface area contributed by atoms with Crippen molar-refractivity contribution < 1.29 is 4.79 Å². The lowest BCUT2D eigenvalue weighted by Gasteiger charge is -2.37. The Morgan fingerprint density at radius 3 is 2.77 bits per heavy atom. The number of piperidine rings is 1. The molecule has 3 heterocycles. The molecule has 2 aliphatic heterocycles. The third-order valence-electron chi connectivity index (χ3n) is 4.70. The van der Waals surface area contributed by atoms with E-state index in [0.717, 1.165) is 51.3 Å². The highest BCUT2D eigenvalue weighted by Crippen LogP contribution is 2.22. The third kappa shape index (κ3) is 3.40.